The second kappa shape index (κ2) is 4.58. The first-order chi connectivity index (χ1) is 5.70. The fourth-order valence-corrected chi connectivity index (χ4v) is 1.60. The molecule has 0 radical (unpaired) electrons. The first-order valence-electron chi connectivity index (χ1n) is 4.61. The number of aliphatic hydroxyl groups is 1. The van der Waals surface area contributed by atoms with Gasteiger partial charge in [0, 0.05) is 19.5 Å². The summed E-state index contributed by atoms with van der Waals surface area (Å²) < 4.78 is 0. The van der Waals surface area contributed by atoms with Gasteiger partial charge in [-0.25, -0.2) is 0 Å². The lowest BCUT2D eigenvalue weighted by Crippen LogP contribution is -2.30. The molecule has 1 aliphatic rings. The lowest BCUT2D eigenvalue weighted by molar-refractivity contribution is -0.117. The minimum atomic E-state index is -0.253. The molecule has 1 heterocycles. The van der Waals surface area contributed by atoms with E-state index < -0.39 is 0 Å². The summed E-state index contributed by atoms with van der Waals surface area (Å²) in [6, 6.07) is 0. The van der Waals surface area contributed by atoms with Crippen molar-refractivity contribution in [3.8, 4) is 0 Å². The number of rotatable bonds is 4. The highest BCUT2D eigenvalue weighted by molar-refractivity contribution is 5.75. The van der Waals surface area contributed by atoms with Crippen LogP contribution in [0.1, 0.15) is 32.6 Å². The van der Waals surface area contributed by atoms with Crippen molar-refractivity contribution in [2.24, 2.45) is 0 Å². The van der Waals surface area contributed by atoms with Crippen LogP contribution in [0, 0.1) is 0 Å². The van der Waals surface area contributed by atoms with E-state index in [4.69, 9.17) is 0 Å². The largest absolute Gasteiger partial charge is 0.378 e. The van der Waals surface area contributed by atoms with Gasteiger partial charge in [0.2, 0.25) is 0 Å². The van der Waals surface area contributed by atoms with Crippen molar-refractivity contribution in [2.75, 3.05) is 13.1 Å². The summed E-state index contributed by atoms with van der Waals surface area (Å²) in [5.41, 5.74) is 0. The van der Waals surface area contributed by atoms with E-state index in [0.29, 0.717) is 6.42 Å². The van der Waals surface area contributed by atoms with Gasteiger partial charge in [0.1, 0.15) is 12.0 Å². The summed E-state index contributed by atoms with van der Waals surface area (Å²) in [5.74, 6) is 0.240. The van der Waals surface area contributed by atoms with Gasteiger partial charge in [-0.05, 0) is 26.2 Å². The molecule has 1 atom stereocenters. The molecular formula is C9H17NO2. The van der Waals surface area contributed by atoms with Crippen molar-refractivity contribution in [1.29, 1.82) is 0 Å². The summed E-state index contributed by atoms with van der Waals surface area (Å²) >= 11 is 0. The van der Waals surface area contributed by atoms with Crippen molar-refractivity contribution in [3.63, 3.8) is 0 Å². The SMILES string of the molecule is CC(=O)CCCN1CCCC1O. The Balaban J connectivity index is 2.10. The molecule has 0 saturated carbocycles. The molecule has 1 rings (SSSR count). The highest BCUT2D eigenvalue weighted by atomic mass is 16.3. The minimum absolute atomic E-state index is 0.240. The average molecular weight is 171 g/mol. The van der Waals surface area contributed by atoms with E-state index >= 15 is 0 Å². The third kappa shape index (κ3) is 2.91. The fourth-order valence-electron chi connectivity index (χ4n) is 1.60. The Morgan fingerprint density at radius 2 is 2.42 bits per heavy atom. The van der Waals surface area contributed by atoms with Gasteiger partial charge >= 0.3 is 0 Å². The van der Waals surface area contributed by atoms with E-state index in [0.717, 1.165) is 32.4 Å². The van der Waals surface area contributed by atoms with Gasteiger partial charge < -0.3 is 9.90 Å². The first kappa shape index (κ1) is 9.68. The number of aliphatic hydroxyl groups excluding tert-OH is 1. The Labute approximate surface area is 73.4 Å². The topological polar surface area (TPSA) is 40.5 Å². The molecule has 1 aliphatic heterocycles. The van der Waals surface area contributed by atoms with Crippen molar-refractivity contribution in [1.82, 2.24) is 4.90 Å². The molecule has 3 heteroatoms. The summed E-state index contributed by atoms with van der Waals surface area (Å²) in [7, 11) is 0. The van der Waals surface area contributed by atoms with Crippen LogP contribution in [0.3, 0.4) is 0 Å². The minimum Gasteiger partial charge on any atom is -0.378 e. The first-order valence-corrected chi connectivity index (χ1v) is 4.61. The van der Waals surface area contributed by atoms with Crippen molar-refractivity contribution in [3.05, 3.63) is 0 Å². The fraction of sp³-hybridized carbons (Fsp3) is 0.889. The summed E-state index contributed by atoms with van der Waals surface area (Å²) in [4.78, 5) is 12.7. The van der Waals surface area contributed by atoms with Crippen LogP contribution in [0.2, 0.25) is 0 Å². The summed E-state index contributed by atoms with van der Waals surface area (Å²) in [6.07, 6.45) is 3.24. The van der Waals surface area contributed by atoms with Crippen LogP contribution in [-0.4, -0.2) is 35.1 Å². The van der Waals surface area contributed by atoms with E-state index in [1.807, 2.05) is 4.90 Å². The van der Waals surface area contributed by atoms with Crippen LogP contribution in [0.25, 0.3) is 0 Å². The molecule has 0 aromatic heterocycles. The van der Waals surface area contributed by atoms with E-state index in [9.17, 15) is 9.90 Å². The monoisotopic (exact) mass is 171 g/mol. The Morgan fingerprint density at radius 1 is 1.67 bits per heavy atom. The smallest absolute Gasteiger partial charge is 0.129 e. The number of hydrogen-bond acceptors (Lipinski definition) is 3. The molecule has 3 nitrogen and oxygen atoms in total. The number of likely N-dealkylation sites (tertiary alicyclic amines) is 1. The predicted octanol–water partition coefficient (Wildman–Crippen LogP) is 0.770. The van der Waals surface area contributed by atoms with E-state index in [-0.39, 0.29) is 12.0 Å². The van der Waals surface area contributed by atoms with Gasteiger partial charge in [-0.2, -0.15) is 0 Å². The summed E-state index contributed by atoms with van der Waals surface area (Å²) in [5, 5.41) is 9.40. The predicted molar refractivity (Wildman–Crippen MR) is 46.7 cm³/mol. The molecule has 12 heavy (non-hydrogen) atoms. The number of hydrogen-bond donors (Lipinski definition) is 1. The average Bonchev–Trinajstić information content (AvgIpc) is 2.36. The molecule has 1 N–H and O–H groups in total. The molecule has 0 spiro atoms. The highest BCUT2D eigenvalue weighted by Crippen LogP contribution is 2.14. The molecule has 0 bridgehead atoms. The van der Waals surface area contributed by atoms with Crippen LogP contribution in [0.4, 0.5) is 0 Å². The molecular weight excluding hydrogens is 154 g/mol. The molecule has 1 saturated heterocycles. The maximum absolute atomic E-state index is 10.6. The Morgan fingerprint density at radius 3 is 2.92 bits per heavy atom. The third-order valence-corrected chi connectivity index (χ3v) is 2.30. The van der Waals surface area contributed by atoms with Gasteiger partial charge in [-0.3, -0.25) is 4.90 Å². The zero-order valence-corrected chi connectivity index (χ0v) is 7.62. The van der Waals surface area contributed by atoms with E-state index in [2.05, 4.69) is 0 Å². The molecule has 1 unspecified atom stereocenters. The van der Waals surface area contributed by atoms with Crippen molar-refractivity contribution >= 4 is 5.78 Å². The number of carbonyl (C=O) groups is 1. The van der Waals surface area contributed by atoms with Gasteiger partial charge in [0.15, 0.2) is 0 Å². The van der Waals surface area contributed by atoms with Crippen LogP contribution >= 0.6 is 0 Å². The molecule has 0 amide bonds. The molecule has 0 aromatic rings. The maximum atomic E-state index is 10.6. The normalized spacial score (nSPS) is 24.7. The van der Waals surface area contributed by atoms with E-state index in [1.54, 1.807) is 6.92 Å². The van der Waals surface area contributed by atoms with Crippen LogP contribution < -0.4 is 0 Å². The lowest BCUT2D eigenvalue weighted by atomic mass is 10.2. The Hall–Kier alpha value is -0.410. The van der Waals surface area contributed by atoms with Gasteiger partial charge in [-0.1, -0.05) is 0 Å². The zero-order chi connectivity index (χ0) is 8.97. The van der Waals surface area contributed by atoms with Gasteiger partial charge in [-0.15, -0.1) is 0 Å². The summed E-state index contributed by atoms with van der Waals surface area (Å²) in [6.45, 7) is 3.46. The highest BCUT2D eigenvalue weighted by Gasteiger charge is 2.20. The zero-order valence-electron chi connectivity index (χ0n) is 7.62. The number of Topliss-reactive ketones (excluding diaryl/α,β-unsaturated/α-hetero) is 1. The van der Waals surface area contributed by atoms with Gasteiger partial charge in [0.05, 0.1) is 0 Å². The quantitative estimate of drug-likeness (QED) is 0.679. The van der Waals surface area contributed by atoms with Crippen molar-refractivity contribution in [2.45, 2.75) is 38.8 Å². The number of nitrogens with zero attached hydrogens (tertiary/aromatic N) is 1. The number of carbonyl (C=O) groups excluding carboxylic acids is 1. The lowest BCUT2D eigenvalue weighted by Gasteiger charge is -2.18. The van der Waals surface area contributed by atoms with E-state index in [1.165, 1.54) is 0 Å². The van der Waals surface area contributed by atoms with Crippen LogP contribution in [0.15, 0.2) is 0 Å². The second-order valence-electron chi connectivity index (χ2n) is 3.46. The van der Waals surface area contributed by atoms with Crippen LogP contribution in [0.5, 0.6) is 0 Å². The van der Waals surface area contributed by atoms with Gasteiger partial charge in [0.25, 0.3) is 0 Å². The number of ketones is 1. The third-order valence-electron chi connectivity index (χ3n) is 2.30. The Kier molecular flexibility index (Phi) is 3.69. The Bertz CT molecular complexity index is 159. The molecule has 1 fully saturated rings. The molecule has 0 aromatic carbocycles. The second-order valence-corrected chi connectivity index (χ2v) is 3.46. The molecule has 0 aliphatic carbocycles. The maximum Gasteiger partial charge on any atom is 0.129 e. The van der Waals surface area contributed by atoms with Crippen molar-refractivity contribution < 1.29 is 9.90 Å². The molecule has 70 valence electrons. The van der Waals surface area contributed by atoms with Crippen LogP contribution in [-0.2, 0) is 4.79 Å². The standard InChI is InChI=1S/C9H17NO2/c1-8(11)4-2-6-10-7-3-5-9(10)12/h9,12H,2-7H2,1H3.